The first-order chi connectivity index (χ1) is 7.93. The van der Waals surface area contributed by atoms with Gasteiger partial charge in [0.15, 0.2) is 0 Å². The summed E-state index contributed by atoms with van der Waals surface area (Å²) in [5.41, 5.74) is 1.54. The lowest BCUT2D eigenvalue weighted by atomic mass is 9.83. The van der Waals surface area contributed by atoms with E-state index >= 15 is 0 Å². The zero-order valence-corrected chi connectivity index (χ0v) is 9.58. The van der Waals surface area contributed by atoms with Crippen molar-refractivity contribution in [1.29, 1.82) is 0 Å². The lowest BCUT2D eigenvalue weighted by Crippen LogP contribution is -2.04. The summed E-state index contributed by atoms with van der Waals surface area (Å²) in [6, 6.07) is 16.3. The van der Waals surface area contributed by atoms with Gasteiger partial charge in [-0.2, -0.15) is 0 Å². The molecule has 0 N–H and O–H groups in total. The first-order valence-electron chi connectivity index (χ1n) is 6.33. The van der Waals surface area contributed by atoms with Crippen molar-refractivity contribution < 1.29 is 0 Å². The molecule has 0 atom stereocenters. The van der Waals surface area contributed by atoms with Crippen molar-refractivity contribution in [2.24, 2.45) is 0 Å². The summed E-state index contributed by atoms with van der Waals surface area (Å²) in [7, 11) is 0. The summed E-state index contributed by atoms with van der Waals surface area (Å²) < 4.78 is 0. The van der Waals surface area contributed by atoms with Crippen LogP contribution in [0, 0.1) is 6.07 Å². The lowest BCUT2D eigenvalue weighted by molar-refractivity contribution is 0.444. The van der Waals surface area contributed by atoms with E-state index in [4.69, 9.17) is 0 Å². The summed E-state index contributed by atoms with van der Waals surface area (Å²) in [6.45, 7) is 0. The van der Waals surface area contributed by atoms with Gasteiger partial charge in [0.05, 0.1) is 0 Å². The van der Waals surface area contributed by atoms with Crippen molar-refractivity contribution in [1.82, 2.24) is 0 Å². The summed E-state index contributed by atoms with van der Waals surface area (Å²) in [4.78, 5) is 0. The maximum absolute atomic E-state index is 3.13. The number of hydrogen-bond donors (Lipinski definition) is 0. The average Bonchev–Trinajstić information content (AvgIpc) is 2.39. The molecular weight excluding hydrogens is 192 g/mol. The van der Waals surface area contributed by atoms with Gasteiger partial charge in [-0.1, -0.05) is 49.6 Å². The molecule has 3 rings (SSSR count). The van der Waals surface area contributed by atoms with Crippen molar-refractivity contribution in [3.63, 3.8) is 0 Å². The maximum atomic E-state index is 3.13. The highest BCUT2D eigenvalue weighted by molar-refractivity contribution is 5.82. The van der Waals surface area contributed by atoms with Crippen LogP contribution in [-0.2, 0) is 0 Å². The van der Waals surface area contributed by atoms with Crippen molar-refractivity contribution >= 4 is 10.8 Å². The van der Waals surface area contributed by atoms with E-state index in [-0.39, 0.29) is 0 Å². The fraction of sp³-hybridized carbons (Fsp3) is 0.375. The van der Waals surface area contributed by atoms with Gasteiger partial charge in [-0.25, -0.2) is 0 Å². The molecule has 2 aromatic rings. The van der Waals surface area contributed by atoms with Crippen LogP contribution in [0.2, 0.25) is 0 Å². The van der Waals surface area contributed by atoms with Crippen LogP contribution in [0.1, 0.15) is 43.6 Å². The quantitative estimate of drug-likeness (QED) is 0.639. The van der Waals surface area contributed by atoms with Crippen LogP contribution in [0.15, 0.2) is 36.4 Å². The first kappa shape index (κ1) is 9.89. The Hall–Kier alpha value is -1.30. The zero-order chi connectivity index (χ0) is 10.8. The third kappa shape index (κ3) is 1.84. The molecule has 0 unspecified atom stereocenters. The van der Waals surface area contributed by atoms with Crippen molar-refractivity contribution in [2.45, 2.75) is 38.0 Å². The molecule has 1 fully saturated rings. The molecule has 0 heterocycles. The van der Waals surface area contributed by atoms with E-state index in [2.05, 4.69) is 36.4 Å². The van der Waals surface area contributed by atoms with E-state index < -0.39 is 0 Å². The van der Waals surface area contributed by atoms with Crippen molar-refractivity contribution in [2.75, 3.05) is 0 Å². The van der Waals surface area contributed by atoms with E-state index in [0.717, 1.165) is 5.92 Å². The van der Waals surface area contributed by atoms with Crippen LogP contribution in [0.25, 0.3) is 10.8 Å². The van der Waals surface area contributed by atoms with E-state index in [0.29, 0.717) is 0 Å². The second kappa shape index (κ2) is 4.29. The van der Waals surface area contributed by atoms with Crippen LogP contribution in [0.3, 0.4) is 0 Å². The second-order valence-corrected chi connectivity index (χ2v) is 4.87. The van der Waals surface area contributed by atoms with Crippen LogP contribution in [0.4, 0.5) is 0 Å². The molecule has 0 aliphatic heterocycles. The molecule has 16 heavy (non-hydrogen) atoms. The SMILES string of the molecule is [c]1ccc2cc(C3CCCCC3)ccc2c1. The van der Waals surface area contributed by atoms with Crippen LogP contribution in [-0.4, -0.2) is 0 Å². The van der Waals surface area contributed by atoms with Gasteiger partial charge in [-0.15, -0.1) is 0 Å². The highest BCUT2D eigenvalue weighted by Crippen LogP contribution is 2.33. The highest BCUT2D eigenvalue weighted by Gasteiger charge is 2.15. The van der Waals surface area contributed by atoms with Crippen molar-refractivity contribution in [3.05, 3.63) is 48.0 Å². The predicted octanol–water partition coefficient (Wildman–Crippen LogP) is 4.69. The first-order valence-corrected chi connectivity index (χ1v) is 6.33. The molecule has 1 aliphatic carbocycles. The number of hydrogen-bond acceptors (Lipinski definition) is 0. The smallest absolute Gasteiger partial charge is 0.0162 e. The van der Waals surface area contributed by atoms with Crippen LogP contribution < -0.4 is 0 Å². The number of benzene rings is 2. The molecular formula is C16H17. The number of rotatable bonds is 1. The van der Waals surface area contributed by atoms with Gasteiger partial charge < -0.3 is 0 Å². The molecule has 0 bridgehead atoms. The molecule has 0 amide bonds. The molecule has 0 heteroatoms. The molecule has 0 saturated heterocycles. The Morgan fingerprint density at radius 3 is 2.69 bits per heavy atom. The monoisotopic (exact) mass is 209 g/mol. The standard InChI is InChI=1S/C16H17/c1-2-6-13(7-3-1)16-11-10-14-8-4-5-9-15(14)12-16/h5,8-13H,1-3,6-7H2. The Kier molecular flexibility index (Phi) is 2.65. The summed E-state index contributed by atoms with van der Waals surface area (Å²) in [5, 5.41) is 2.67. The Morgan fingerprint density at radius 2 is 1.81 bits per heavy atom. The maximum Gasteiger partial charge on any atom is -0.0162 e. The minimum Gasteiger partial charge on any atom is -0.0581 e. The molecule has 1 saturated carbocycles. The summed E-state index contributed by atoms with van der Waals surface area (Å²) >= 11 is 0. The molecule has 0 nitrogen and oxygen atoms in total. The fourth-order valence-corrected chi connectivity index (χ4v) is 2.83. The number of fused-ring (bicyclic) bond motifs is 1. The van der Waals surface area contributed by atoms with Gasteiger partial charge in [0.25, 0.3) is 0 Å². The zero-order valence-electron chi connectivity index (χ0n) is 9.58. The fourth-order valence-electron chi connectivity index (χ4n) is 2.83. The van der Waals surface area contributed by atoms with E-state index in [1.807, 2.05) is 6.07 Å². The summed E-state index contributed by atoms with van der Waals surface area (Å²) in [6.07, 6.45) is 7.00. The molecule has 0 spiro atoms. The van der Waals surface area contributed by atoms with Gasteiger partial charge in [0.2, 0.25) is 0 Å². The predicted molar refractivity (Wildman–Crippen MR) is 68.6 cm³/mol. The van der Waals surface area contributed by atoms with Crippen LogP contribution in [0.5, 0.6) is 0 Å². The van der Waals surface area contributed by atoms with Crippen molar-refractivity contribution in [3.8, 4) is 0 Å². The average molecular weight is 209 g/mol. The van der Waals surface area contributed by atoms with Gasteiger partial charge in [0.1, 0.15) is 0 Å². The van der Waals surface area contributed by atoms with Gasteiger partial charge >= 0.3 is 0 Å². The third-order valence-electron chi connectivity index (χ3n) is 3.79. The summed E-state index contributed by atoms with van der Waals surface area (Å²) in [5.74, 6) is 0.808. The van der Waals surface area contributed by atoms with E-state index in [1.54, 1.807) is 5.56 Å². The highest BCUT2D eigenvalue weighted by atomic mass is 14.2. The molecule has 2 aromatic carbocycles. The minimum absolute atomic E-state index is 0.808. The molecule has 81 valence electrons. The Bertz CT molecular complexity index is 478. The normalized spacial score (nSPS) is 17.8. The molecule has 0 aromatic heterocycles. The topological polar surface area (TPSA) is 0 Å². The van der Waals surface area contributed by atoms with Gasteiger partial charge in [-0.3, -0.25) is 0 Å². The second-order valence-electron chi connectivity index (χ2n) is 4.87. The Balaban J connectivity index is 1.97. The Morgan fingerprint density at radius 1 is 0.938 bits per heavy atom. The lowest BCUT2D eigenvalue weighted by Gasteiger charge is -2.22. The van der Waals surface area contributed by atoms with E-state index in [9.17, 15) is 0 Å². The molecule has 1 aliphatic rings. The molecule has 1 radical (unpaired) electrons. The third-order valence-corrected chi connectivity index (χ3v) is 3.79. The van der Waals surface area contributed by atoms with Gasteiger partial charge in [-0.05, 0) is 47.2 Å². The Labute approximate surface area is 97.3 Å². The van der Waals surface area contributed by atoms with E-state index in [1.165, 1.54) is 42.9 Å². The van der Waals surface area contributed by atoms with Crippen LogP contribution >= 0.6 is 0 Å². The largest absolute Gasteiger partial charge is 0.0581 e. The van der Waals surface area contributed by atoms with Gasteiger partial charge in [0, 0.05) is 0 Å². The minimum atomic E-state index is 0.808.